The van der Waals surface area contributed by atoms with Crippen LogP contribution in [0, 0.1) is 0 Å². The van der Waals surface area contributed by atoms with E-state index in [0.717, 1.165) is 25.1 Å². The molecule has 2 atom stereocenters. The van der Waals surface area contributed by atoms with Crippen molar-refractivity contribution in [2.24, 2.45) is 0 Å². The number of nitrogens with zero attached hydrogens (tertiary/aromatic N) is 1. The number of hydrogen-bond donors (Lipinski definition) is 1. The summed E-state index contributed by atoms with van der Waals surface area (Å²) in [6.45, 7) is 2.09. The van der Waals surface area contributed by atoms with Gasteiger partial charge >= 0.3 is 5.97 Å². The van der Waals surface area contributed by atoms with Gasteiger partial charge in [-0.3, -0.25) is 4.79 Å². The Kier molecular flexibility index (Phi) is 6.47. The number of hydrogen-bond acceptors (Lipinski definition) is 6. The van der Waals surface area contributed by atoms with Gasteiger partial charge in [0.25, 0.3) is 5.91 Å². The molecule has 0 radical (unpaired) electrons. The lowest BCUT2D eigenvalue weighted by Gasteiger charge is -2.29. The van der Waals surface area contributed by atoms with Gasteiger partial charge in [-0.05, 0) is 36.6 Å². The molecule has 1 amide bonds. The summed E-state index contributed by atoms with van der Waals surface area (Å²) in [7, 11) is 1.35. The number of unbranched alkanes of at least 4 members (excludes halogenated alkanes) is 1. The Hall–Kier alpha value is -2.38. The summed E-state index contributed by atoms with van der Waals surface area (Å²) in [6.07, 6.45) is 3.29. The van der Waals surface area contributed by atoms with E-state index in [1.54, 1.807) is 17.0 Å². The molecule has 0 spiro atoms. The number of benzene rings is 1. The van der Waals surface area contributed by atoms with E-state index in [-0.39, 0.29) is 24.4 Å². The van der Waals surface area contributed by atoms with Crippen molar-refractivity contribution in [3.8, 4) is 0 Å². The van der Waals surface area contributed by atoms with Gasteiger partial charge in [-0.2, -0.15) is 0 Å². The molecule has 27 heavy (non-hydrogen) atoms. The highest BCUT2D eigenvalue weighted by atomic mass is 16.7. The number of allylic oxidation sites excluding steroid dienone is 1. The van der Waals surface area contributed by atoms with Crippen LogP contribution in [-0.4, -0.2) is 61.6 Å². The summed E-state index contributed by atoms with van der Waals surface area (Å²) in [5.41, 5.74) is 1.46. The number of aliphatic hydroxyl groups excluding tert-OH is 1. The van der Waals surface area contributed by atoms with Gasteiger partial charge < -0.3 is 24.2 Å². The van der Waals surface area contributed by atoms with E-state index in [0.29, 0.717) is 30.8 Å². The predicted octanol–water partition coefficient (Wildman–Crippen LogP) is 1.82. The van der Waals surface area contributed by atoms with Crippen molar-refractivity contribution in [3.05, 3.63) is 47.2 Å². The first-order valence-corrected chi connectivity index (χ1v) is 9.21. The van der Waals surface area contributed by atoms with Gasteiger partial charge in [-0.25, -0.2) is 4.79 Å². The SMILES string of the molecule is COC(=O)c1ccc([C@@H]2C=C(C(=O)N3CC3)O[C@H](OCCCCO)C2)cc1. The van der Waals surface area contributed by atoms with E-state index in [9.17, 15) is 9.59 Å². The van der Waals surface area contributed by atoms with Crippen LogP contribution < -0.4 is 0 Å². The summed E-state index contributed by atoms with van der Waals surface area (Å²) in [5.74, 6) is -0.235. The minimum atomic E-state index is -0.516. The van der Waals surface area contributed by atoms with Crippen LogP contribution in [0.2, 0.25) is 0 Å². The smallest absolute Gasteiger partial charge is 0.337 e. The Bertz CT molecular complexity index is 695. The Labute approximate surface area is 158 Å². The first kappa shape index (κ1) is 19.4. The number of carbonyl (C=O) groups excluding carboxylic acids is 2. The summed E-state index contributed by atoms with van der Waals surface area (Å²) in [6, 6.07) is 7.16. The van der Waals surface area contributed by atoms with Crippen LogP contribution in [0.1, 0.15) is 41.1 Å². The molecule has 1 fully saturated rings. The van der Waals surface area contributed by atoms with Crippen molar-refractivity contribution in [1.29, 1.82) is 0 Å². The van der Waals surface area contributed by atoms with Gasteiger partial charge in [-0.1, -0.05) is 12.1 Å². The van der Waals surface area contributed by atoms with Crippen LogP contribution in [0.3, 0.4) is 0 Å². The molecule has 0 aliphatic carbocycles. The highest BCUT2D eigenvalue weighted by molar-refractivity contribution is 5.93. The van der Waals surface area contributed by atoms with Crippen molar-refractivity contribution in [3.63, 3.8) is 0 Å². The lowest BCUT2D eigenvalue weighted by Crippen LogP contribution is -2.29. The lowest BCUT2D eigenvalue weighted by molar-refractivity contribution is -0.149. The molecule has 146 valence electrons. The molecule has 0 unspecified atom stereocenters. The molecule has 2 aliphatic rings. The monoisotopic (exact) mass is 375 g/mol. The van der Waals surface area contributed by atoms with Gasteiger partial charge in [-0.15, -0.1) is 0 Å². The lowest BCUT2D eigenvalue weighted by atomic mass is 9.92. The number of esters is 1. The van der Waals surface area contributed by atoms with Crippen molar-refractivity contribution < 1.29 is 28.9 Å². The summed E-state index contributed by atoms with van der Waals surface area (Å²) < 4.78 is 16.3. The Morgan fingerprint density at radius 3 is 2.59 bits per heavy atom. The number of rotatable bonds is 8. The van der Waals surface area contributed by atoms with Gasteiger partial charge in [0.05, 0.1) is 19.3 Å². The quantitative estimate of drug-likeness (QED) is 0.424. The minimum absolute atomic E-state index is 0.0489. The molecule has 1 aromatic rings. The number of ether oxygens (including phenoxy) is 3. The molecule has 0 bridgehead atoms. The van der Waals surface area contributed by atoms with E-state index >= 15 is 0 Å². The highest BCUT2D eigenvalue weighted by Gasteiger charge is 2.34. The zero-order chi connectivity index (χ0) is 19.2. The fraction of sp³-hybridized carbons (Fsp3) is 0.500. The van der Waals surface area contributed by atoms with Crippen LogP contribution in [0.4, 0.5) is 0 Å². The van der Waals surface area contributed by atoms with E-state index in [4.69, 9.17) is 19.3 Å². The van der Waals surface area contributed by atoms with E-state index < -0.39 is 6.29 Å². The largest absolute Gasteiger partial charge is 0.465 e. The van der Waals surface area contributed by atoms with Gasteiger partial charge in [0.15, 0.2) is 5.76 Å². The van der Waals surface area contributed by atoms with Gasteiger partial charge in [0, 0.05) is 32.0 Å². The fourth-order valence-electron chi connectivity index (χ4n) is 2.96. The average molecular weight is 375 g/mol. The second-order valence-electron chi connectivity index (χ2n) is 6.63. The second-order valence-corrected chi connectivity index (χ2v) is 6.63. The van der Waals surface area contributed by atoms with Crippen molar-refractivity contribution in [2.45, 2.75) is 31.5 Å². The van der Waals surface area contributed by atoms with Crippen LogP contribution >= 0.6 is 0 Å². The van der Waals surface area contributed by atoms with E-state index in [1.807, 2.05) is 18.2 Å². The van der Waals surface area contributed by atoms with Crippen LogP contribution in [0.15, 0.2) is 36.1 Å². The zero-order valence-corrected chi connectivity index (χ0v) is 15.4. The standard InChI is InChI=1S/C20H25NO6/c1-25-20(24)15-6-4-14(5-7-15)16-12-17(19(23)21-8-9-21)27-18(13-16)26-11-3-2-10-22/h4-7,12,16,18,22H,2-3,8-11,13H2,1H3/t16-,18+/m1/s1. The molecule has 3 rings (SSSR count). The molecular formula is C20H25NO6. The number of methoxy groups -OCH3 is 1. The van der Waals surface area contributed by atoms with Gasteiger partial charge in [0.2, 0.25) is 6.29 Å². The average Bonchev–Trinajstić information content (AvgIpc) is 3.55. The summed E-state index contributed by atoms with van der Waals surface area (Å²) in [4.78, 5) is 25.7. The molecule has 7 nitrogen and oxygen atoms in total. The Morgan fingerprint density at radius 2 is 1.96 bits per heavy atom. The molecule has 0 saturated carbocycles. The zero-order valence-electron chi connectivity index (χ0n) is 15.4. The summed E-state index contributed by atoms with van der Waals surface area (Å²) in [5, 5.41) is 8.88. The fourth-order valence-corrected chi connectivity index (χ4v) is 2.96. The Morgan fingerprint density at radius 1 is 1.22 bits per heavy atom. The van der Waals surface area contributed by atoms with Gasteiger partial charge in [0.1, 0.15) is 0 Å². The third-order valence-electron chi connectivity index (χ3n) is 4.62. The van der Waals surface area contributed by atoms with Crippen molar-refractivity contribution in [1.82, 2.24) is 4.90 Å². The van der Waals surface area contributed by atoms with Crippen LogP contribution in [0.5, 0.6) is 0 Å². The molecule has 1 saturated heterocycles. The van der Waals surface area contributed by atoms with Crippen LogP contribution in [0.25, 0.3) is 0 Å². The first-order chi connectivity index (χ1) is 13.1. The molecule has 2 heterocycles. The Balaban J connectivity index is 1.73. The van der Waals surface area contributed by atoms with E-state index in [2.05, 4.69) is 0 Å². The first-order valence-electron chi connectivity index (χ1n) is 9.21. The van der Waals surface area contributed by atoms with Crippen molar-refractivity contribution in [2.75, 3.05) is 33.4 Å². The highest BCUT2D eigenvalue weighted by Crippen LogP contribution is 2.33. The minimum Gasteiger partial charge on any atom is -0.465 e. The maximum atomic E-state index is 12.4. The van der Waals surface area contributed by atoms with Crippen molar-refractivity contribution >= 4 is 11.9 Å². The number of aliphatic hydroxyl groups is 1. The molecule has 1 N–H and O–H groups in total. The van der Waals surface area contributed by atoms with Crippen LogP contribution in [-0.2, 0) is 19.0 Å². The molecule has 2 aliphatic heterocycles. The maximum Gasteiger partial charge on any atom is 0.337 e. The predicted molar refractivity (Wildman–Crippen MR) is 96.9 cm³/mol. The number of carbonyl (C=O) groups is 2. The molecule has 1 aromatic carbocycles. The third kappa shape index (κ3) is 5.08. The molecule has 7 heteroatoms. The number of amides is 1. The summed E-state index contributed by atoms with van der Waals surface area (Å²) >= 11 is 0. The topological polar surface area (TPSA) is 85.1 Å². The normalized spacial score (nSPS) is 21.3. The maximum absolute atomic E-state index is 12.4. The molecule has 0 aromatic heterocycles. The van der Waals surface area contributed by atoms with E-state index in [1.165, 1.54) is 7.11 Å². The third-order valence-corrected chi connectivity index (χ3v) is 4.62. The second kappa shape index (κ2) is 9.01. The molecular weight excluding hydrogens is 350 g/mol.